The molecule has 1 aliphatic heterocycles. The summed E-state index contributed by atoms with van der Waals surface area (Å²) < 4.78 is 28.0. The standard InChI is InChI=1S/C12H27N3O2S/c1-4-14-18(16,17)15-7-5-6-12(10-15)9-13-8-11(2)3/h11-14H,4-10H2,1-3H3. The fraction of sp³-hybridized carbons (Fsp3) is 1.00. The first-order chi connectivity index (χ1) is 8.45. The fourth-order valence-corrected chi connectivity index (χ4v) is 3.59. The van der Waals surface area contributed by atoms with Crippen LogP contribution in [0.1, 0.15) is 33.6 Å². The van der Waals surface area contributed by atoms with Gasteiger partial charge in [-0.1, -0.05) is 20.8 Å². The van der Waals surface area contributed by atoms with Gasteiger partial charge in [0.15, 0.2) is 0 Å². The molecule has 0 amide bonds. The molecule has 1 fully saturated rings. The first-order valence-corrected chi connectivity index (χ1v) is 8.35. The zero-order valence-corrected chi connectivity index (χ0v) is 12.6. The molecule has 0 aliphatic carbocycles. The predicted molar refractivity (Wildman–Crippen MR) is 74.6 cm³/mol. The van der Waals surface area contributed by atoms with E-state index in [1.54, 1.807) is 4.31 Å². The van der Waals surface area contributed by atoms with E-state index in [-0.39, 0.29) is 0 Å². The quantitative estimate of drug-likeness (QED) is 0.723. The van der Waals surface area contributed by atoms with E-state index in [9.17, 15) is 8.42 Å². The Hall–Kier alpha value is -0.170. The highest BCUT2D eigenvalue weighted by atomic mass is 32.2. The number of piperidine rings is 1. The molecule has 6 heteroatoms. The summed E-state index contributed by atoms with van der Waals surface area (Å²) in [5.74, 6) is 1.07. The van der Waals surface area contributed by atoms with Crippen LogP contribution in [-0.4, -0.2) is 45.4 Å². The molecule has 1 unspecified atom stereocenters. The van der Waals surface area contributed by atoms with Crippen molar-refractivity contribution in [1.82, 2.24) is 14.3 Å². The van der Waals surface area contributed by atoms with Gasteiger partial charge in [-0.3, -0.25) is 0 Å². The van der Waals surface area contributed by atoms with Gasteiger partial charge in [0.1, 0.15) is 0 Å². The number of hydrogen-bond donors (Lipinski definition) is 2. The summed E-state index contributed by atoms with van der Waals surface area (Å²) in [6.07, 6.45) is 2.07. The van der Waals surface area contributed by atoms with Gasteiger partial charge < -0.3 is 5.32 Å². The van der Waals surface area contributed by atoms with Crippen molar-refractivity contribution < 1.29 is 8.42 Å². The minimum atomic E-state index is -3.25. The largest absolute Gasteiger partial charge is 0.316 e. The Balaban J connectivity index is 2.41. The number of nitrogens with zero attached hydrogens (tertiary/aromatic N) is 1. The lowest BCUT2D eigenvalue weighted by Gasteiger charge is -2.32. The first-order valence-electron chi connectivity index (χ1n) is 6.91. The van der Waals surface area contributed by atoms with Gasteiger partial charge in [0.05, 0.1) is 0 Å². The molecule has 0 saturated carbocycles. The minimum Gasteiger partial charge on any atom is -0.316 e. The van der Waals surface area contributed by atoms with E-state index in [1.165, 1.54) is 0 Å². The van der Waals surface area contributed by atoms with Crippen LogP contribution in [0.15, 0.2) is 0 Å². The van der Waals surface area contributed by atoms with E-state index in [2.05, 4.69) is 23.9 Å². The third-order valence-electron chi connectivity index (χ3n) is 3.13. The maximum absolute atomic E-state index is 11.9. The van der Waals surface area contributed by atoms with Gasteiger partial charge in [-0.2, -0.15) is 12.7 Å². The second-order valence-corrected chi connectivity index (χ2v) is 7.18. The van der Waals surface area contributed by atoms with Gasteiger partial charge in [-0.05, 0) is 37.8 Å². The molecule has 1 aliphatic rings. The van der Waals surface area contributed by atoms with Crippen molar-refractivity contribution in [1.29, 1.82) is 0 Å². The molecule has 1 heterocycles. The van der Waals surface area contributed by atoms with Crippen LogP contribution in [0.3, 0.4) is 0 Å². The van der Waals surface area contributed by atoms with E-state index < -0.39 is 10.2 Å². The molecule has 2 N–H and O–H groups in total. The summed E-state index contributed by atoms with van der Waals surface area (Å²) in [6, 6.07) is 0. The molecular weight excluding hydrogens is 250 g/mol. The Morgan fingerprint density at radius 1 is 1.39 bits per heavy atom. The van der Waals surface area contributed by atoms with Gasteiger partial charge >= 0.3 is 0 Å². The van der Waals surface area contributed by atoms with Crippen molar-refractivity contribution in [3.05, 3.63) is 0 Å². The molecule has 0 radical (unpaired) electrons. The summed E-state index contributed by atoms with van der Waals surface area (Å²) in [5.41, 5.74) is 0. The maximum atomic E-state index is 11.9. The molecule has 0 bridgehead atoms. The fourth-order valence-electron chi connectivity index (χ4n) is 2.26. The molecule has 0 aromatic heterocycles. The summed E-state index contributed by atoms with van der Waals surface area (Å²) in [6.45, 7) is 9.81. The van der Waals surface area contributed by atoms with Crippen LogP contribution < -0.4 is 10.0 Å². The van der Waals surface area contributed by atoms with Crippen LogP contribution >= 0.6 is 0 Å². The van der Waals surface area contributed by atoms with Crippen LogP contribution in [0.4, 0.5) is 0 Å². The van der Waals surface area contributed by atoms with Gasteiger partial charge in [0.2, 0.25) is 0 Å². The van der Waals surface area contributed by atoms with Crippen LogP contribution in [0.5, 0.6) is 0 Å². The van der Waals surface area contributed by atoms with Crippen LogP contribution in [0, 0.1) is 11.8 Å². The highest BCUT2D eigenvalue weighted by Gasteiger charge is 2.27. The lowest BCUT2D eigenvalue weighted by Crippen LogP contribution is -2.47. The maximum Gasteiger partial charge on any atom is 0.279 e. The van der Waals surface area contributed by atoms with E-state index >= 15 is 0 Å². The zero-order chi connectivity index (χ0) is 13.6. The Morgan fingerprint density at radius 2 is 2.11 bits per heavy atom. The predicted octanol–water partition coefficient (Wildman–Crippen LogP) is 0.798. The van der Waals surface area contributed by atoms with Crippen molar-refractivity contribution in [3.8, 4) is 0 Å². The lowest BCUT2D eigenvalue weighted by molar-refractivity contribution is 0.256. The highest BCUT2D eigenvalue weighted by molar-refractivity contribution is 7.87. The van der Waals surface area contributed by atoms with E-state index in [0.29, 0.717) is 31.5 Å². The van der Waals surface area contributed by atoms with Crippen molar-refractivity contribution in [2.24, 2.45) is 11.8 Å². The summed E-state index contributed by atoms with van der Waals surface area (Å²) in [5, 5.41) is 3.42. The molecule has 0 aromatic carbocycles. The second-order valence-electron chi connectivity index (χ2n) is 5.42. The SMILES string of the molecule is CCNS(=O)(=O)N1CCCC(CNCC(C)C)C1. The molecule has 18 heavy (non-hydrogen) atoms. The van der Waals surface area contributed by atoms with Crippen LogP contribution in [0.2, 0.25) is 0 Å². The zero-order valence-electron chi connectivity index (χ0n) is 11.8. The molecule has 5 nitrogen and oxygen atoms in total. The van der Waals surface area contributed by atoms with Crippen LogP contribution in [-0.2, 0) is 10.2 Å². The van der Waals surface area contributed by atoms with E-state index in [4.69, 9.17) is 0 Å². The number of nitrogens with one attached hydrogen (secondary N) is 2. The normalized spacial score (nSPS) is 22.6. The Morgan fingerprint density at radius 3 is 2.72 bits per heavy atom. The summed E-state index contributed by atoms with van der Waals surface area (Å²) >= 11 is 0. The van der Waals surface area contributed by atoms with Gasteiger partial charge in [0, 0.05) is 19.6 Å². The van der Waals surface area contributed by atoms with E-state index in [0.717, 1.165) is 25.9 Å². The molecule has 0 aromatic rings. The molecule has 1 atom stereocenters. The van der Waals surface area contributed by atoms with Gasteiger partial charge in [0.25, 0.3) is 10.2 Å². The molecule has 1 rings (SSSR count). The van der Waals surface area contributed by atoms with Crippen molar-refractivity contribution in [2.75, 3.05) is 32.7 Å². The van der Waals surface area contributed by atoms with Crippen molar-refractivity contribution in [2.45, 2.75) is 33.6 Å². The smallest absolute Gasteiger partial charge is 0.279 e. The van der Waals surface area contributed by atoms with Gasteiger partial charge in [-0.25, -0.2) is 4.72 Å². The summed E-state index contributed by atoms with van der Waals surface area (Å²) in [4.78, 5) is 0. The Kier molecular flexibility index (Phi) is 6.55. The molecule has 1 saturated heterocycles. The lowest BCUT2D eigenvalue weighted by atomic mass is 9.99. The Labute approximate surface area is 112 Å². The Bertz CT molecular complexity index is 330. The second kappa shape index (κ2) is 7.43. The van der Waals surface area contributed by atoms with E-state index in [1.807, 2.05) is 6.92 Å². The molecule has 0 spiro atoms. The highest BCUT2D eigenvalue weighted by Crippen LogP contribution is 2.17. The average Bonchev–Trinajstić information content (AvgIpc) is 2.29. The third kappa shape index (κ3) is 5.22. The number of hydrogen-bond acceptors (Lipinski definition) is 3. The monoisotopic (exact) mass is 277 g/mol. The molecule has 108 valence electrons. The average molecular weight is 277 g/mol. The third-order valence-corrected chi connectivity index (χ3v) is 4.80. The van der Waals surface area contributed by atoms with Crippen molar-refractivity contribution >= 4 is 10.2 Å². The van der Waals surface area contributed by atoms with Crippen molar-refractivity contribution in [3.63, 3.8) is 0 Å². The topological polar surface area (TPSA) is 61.4 Å². The van der Waals surface area contributed by atoms with Gasteiger partial charge in [-0.15, -0.1) is 0 Å². The number of rotatable bonds is 7. The van der Waals surface area contributed by atoms with Crippen LogP contribution in [0.25, 0.3) is 0 Å². The summed E-state index contributed by atoms with van der Waals surface area (Å²) in [7, 11) is -3.25. The molecular formula is C12H27N3O2S. The first kappa shape index (κ1) is 15.9. The minimum absolute atomic E-state index is 0.436.